The fraction of sp³-hybridized carbons (Fsp3) is 0.524. The van der Waals surface area contributed by atoms with Gasteiger partial charge in [-0.1, -0.05) is 43.9 Å². The van der Waals surface area contributed by atoms with Gasteiger partial charge >= 0.3 is 0 Å². The maximum Gasteiger partial charge on any atom is 0.0245 e. The lowest BCUT2D eigenvalue weighted by Gasteiger charge is -2.30. The summed E-state index contributed by atoms with van der Waals surface area (Å²) in [4.78, 5) is 0. The molecule has 1 unspecified atom stereocenters. The summed E-state index contributed by atoms with van der Waals surface area (Å²) in [6, 6.07) is 8.69. The first-order valence-corrected chi connectivity index (χ1v) is 8.49. The van der Waals surface area contributed by atoms with Crippen LogP contribution in [0, 0.1) is 29.6 Å². The molecule has 1 fully saturated rings. The number of hydrogen-bond donors (Lipinski definition) is 0. The second-order valence-electron chi connectivity index (χ2n) is 6.24. The van der Waals surface area contributed by atoms with Crippen LogP contribution in [0.2, 0.25) is 0 Å². The first-order valence-electron chi connectivity index (χ1n) is 8.49. The number of aryl methyl sites for hydroxylation is 1. The van der Waals surface area contributed by atoms with Gasteiger partial charge in [-0.25, -0.2) is 0 Å². The minimum Gasteiger partial charge on any atom is -0.103 e. The van der Waals surface area contributed by atoms with Crippen LogP contribution in [0.15, 0.2) is 36.9 Å². The second kappa shape index (κ2) is 8.08. The van der Waals surface area contributed by atoms with Gasteiger partial charge in [0.05, 0.1) is 0 Å². The van der Waals surface area contributed by atoms with Crippen molar-refractivity contribution in [2.75, 3.05) is 0 Å². The molecule has 1 atom stereocenters. The van der Waals surface area contributed by atoms with Crippen LogP contribution in [0.1, 0.15) is 57.1 Å². The van der Waals surface area contributed by atoms with Crippen molar-refractivity contribution in [1.29, 1.82) is 0 Å². The van der Waals surface area contributed by atoms with E-state index in [1.165, 1.54) is 37.7 Å². The van der Waals surface area contributed by atoms with E-state index in [0.29, 0.717) is 11.8 Å². The molecule has 0 N–H and O–H groups in total. The van der Waals surface area contributed by atoms with E-state index in [9.17, 15) is 0 Å². The van der Waals surface area contributed by atoms with Gasteiger partial charge in [0, 0.05) is 11.5 Å². The van der Waals surface area contributed by atoms with Crippen molar-refractivity contribution < 1.29 is 0 Å². The predicted octanol–water partition coefficient (Wildman–Crippen LogP) is 5.62. The first kappa shape index (κ1) is 15.9. The highest BCUT2D eigenvalue weighted by Gasteiger charge is 2.24. The summed E-state index contributed by atoms with van der Waals surface area (Å²) in [7, 11) is 0. The largest absolute Gasteiger partial charge is 0.103 e. The van der Waals surface area contributed by atoms with Crippen LogP contribution in [0.3, 0.4) is 0 Å². The number of rotatable bonds is 4. The molecular weight excluding hydrogens is 252 g/mol. The average molecular weight is 280 g/mol. The van der Waals surface area contributed by atoms with Crippen LogP contribution in [-0.4, -0.2) is 0 Å². The highest BCUT2D eigenvalue weighted by molar-refractivity contribution is 5.36. The molecule has 0 aromatic heterocycles. The van der Waals surface area contributed by atoms with E-state index in [4.69, 9.17) is 0 Å². The van der Waals surface area contributed by atoms with E-state index < -0.39 is 0 Å². The topological polar surface area (TPSA) is 0 Å². The minimum absolute atomic E-state index is 0.592. The molecule has 1 saturated carbocycles. The molecule has 0 heterocycles. The normalized spacial score (nSPS) is 23.0. The lowest BCUT2D eigenvalue weighted by molar-refractivity contribution is 0.254. The SMILES string of the molecule is C=CC(CC)C1CCC(C#Cc2ccc(CC)cc2)CC1. The Morgan fingerprint density at radius 1 is 1.14 bits per heavy atom. The first-order chi connectivity index (χ1) is 10.3. The third-order valence-electron chi connectivity index (χ3n) is 4.93. The zero-order chi connectivity index (χ0) is 15.1. The van der Waals surface area contributed by atoms with E-state index in [0.717, 1.165) is 17.9 Å². The Labute approximate surface area is 130 Å². The van der Waals surface area contributed by atoms with Crippen molar-refractivity contribution in [1.82, 2.24) is 0 Å². The van der Waals surface area contributed by atoms with Crippen LogP contribution in [0.25, 0.3) is 0 Å². The number of hydrogen-bond acceptors (Lipinski definition) is 0. The van der Waals surface area contributed by atoms with Crippen LogP contribution in [-0.2, 0) is 6.42 Å². The van der Waals surface area contributed by atoms with Gasteiger partial charge < -0.3 is 0 Å². The van der Waals surface area contributed by atoms with Gasteiger partial charge in [-0.3, -0.25) is 0 Å². The highest BCUT2D eigenvalue weighted by Crippen LogP contribution is 2.35. The lowest BCUT2D eigenvalue weighted by Crippen LogP contribution is -2.19. The van der Waals surface area contributed by atoms with Crippen LogP contribution in [0.5, 0.6) is 0 Å². The van der Waals surface area contributed by atoms with E-state index >= 15 is 0 Å². The molecule has 0 saturated heterocycles. The summed E-state index contributed by atoms with van der Waals surface area (Å²) in [5.74, 6) is 9.01. The molecular formula is C21H28. The number of allylic oxidation sites excluding steroid dienone is 1. The highest BCUT2D eigenvalue weighted by atomic mass is 14.3. The quantitative estimate of drug-likeness (QED) is 0.496. The summed E-state index contributed by atoms with van der Waals surface area (Å²) in [5, 5.41) is 0. The molecule has 21 heavy (non-hydrogen) atoms. The molecule has 1 aliphatic rings. The van der Waals surface area contributed by atoms with Crippen molar-refractivity contribution >= 4 is 0 Å². The van der Waals surface area contributed by atoms with E-state index in [1.807, 2.05) is 0 Å². The van der Waals surface area contributed by atoms with Crippen molar-refractivity contribution in [3.8, 4) is 11.8 Å². The van der Waals surface area contributed by atoms with Crippen molar-refractivity contribution in [3.05, 3.63) is 48.0 Å². The average Bonchev–Trinajstić information content (AvgIpc) is 2.55. The summed E-state index contributed by atoms with van der Waals surface area (Å²) in [5.41, 5.74) is 2.54. The van der Waals surface area contributed by atoms with Gasteiger partial charge in [-0.2, -0.15) is 0 Å². The monoisotopic (exact) mass is 280 g/mol. The lowest BCUT2D eigenvalue weighted by atomic mass is 9.75. The van der Waals surface area contributed by atoms with Gasteiger partial charge in [-0.05, 0) is 68.1 Å². The van der Waals surface area contributed by atoms with Gasteiger partial charge in [0.25, 0.3) is 0 Å². The summed E-state index contributed by atoms with van der Waals surface area (Å²) in [6.07, 6.45) is 9.64. The second-order valence-corrected chi connectivity index (χ2v) is 6.24. The van der Waals surface area contributed by atoms with E-state index in [2.05, 4.69) is 62.6 Å². The molecule has 2 rings (SSSR count). The maximum absolute atomic E-state index is 3.99. The van der Waals surface area contributed by atoms with E-state index in [1.54, 1.807) is 0 Å². The Morgan fingerprint density at radius 2 is 1.81 bits per heavy atom. The Balaban J connectivity index is 1.88. The molecule has 0 spiro atoms. The summed E-state index contributed by atoms with van der Waals surface area (Å²) in [6.45, 7) is 8.45. The molecule has 1 aromatic carbocycles. The van der Waals surface area contributed by atoms with Crippen molar-refractivity contribution in [2.24, 2.45) is 17.8 Å². The predicted molar refractivity (Wildman–Crippen MR) is 92.1 cm³/mol. The Morgan fingerprint density at radius 3 is 2.33 bits per heavy atom. The Hall–Kier alpha value is -1.48. The fourth-order valence-electron chi connectivity index (χ4n) is 3.39. The molecule has 0 nitrogen and oxygen atoms in total. The van der Waals surface area contributed by atoms with Crippen LogP contribution in [0.4, 0.5) is 0 Å². The van der Waals surface area contributed by atoms with E-state index in [-0.39, 0.29) is 0 Å². The fourth-order valence-corrected chi connectivity index (χ4v) is 3.39. The third kappa shape index (κ3) is 4.50. The standard InChI is InChI=1S/C21H28/c1-4-17-7-9-18(10-8-17)11-12-19-13-15-21(16-14-19)20(5-2)6-3/h5,7-10,19-21H,2,4,6,13-16H2,1,3H3. The molecule has 0 aliphatic heterocycles. The van der Waals surface area contributed by atoms with Gasteiger partial charge in [-0.15, -0.1) is 6.58 Å². The summed E-state index contributed by atoms with van der Waals surface area (Å²) >= 11 is 0. The Kier molecular flexibility index (Phi) is 6.12. The molecule has 0 radical (unpaired) electrons. The molecule has 0 bridgehead atoms. The third-order valence-corrected chi connectivity index (χ3v) is 4.93. The molecule has 112 valence electrons. The maximum atomic E-state index is 3.99. The van der Waals surface area contributed by atoms with Crippen LogP contribution >= 0.6 is 0 Å². The van der Waals surface area contributed by atoms with Gasteiger partial charge in [0.1, 0.15) is 0 Å². The molecule has 1 aromatic rings. The zero-order valence-electron chi connectivity index (χ0n) is 13.6. The van der Waals surface area contributed by atoms with Crippen molar-refractivity contribution in [2.45, 2.75) is 52.4 Å². The van der Waals surface area contributed by atoms with Crippen molar-refractivity contribution in [3.63, 3.8) is 0 Å². The number of benzene rings is 1. The van der Waals surface area contributed by atoms with Gasteiger partial charge in [0.2, 0.25) is 0 Å². The smallest absolute Gasteiger partial charge is 0.0245 e. The molecule has 1 aliphatic carbocycles. The Bertz CT molecular complexity index is 489. The summed E-state index contributed by atoms with van der Waals surface area (Å²) < 4.78 is 0. The van der Waals surface area contributed by atoms with Crippen LogP contribution < -0.4 is 0 Å². The van der Waals surface area contributed by atoms with Gasteiger partial charge in [0.15, 0.2) is 0 Å². The molecule has 0 heteroatoms. The zero-order valence-corrected chi connectivity index (χ0v) is 13.6. The molecule has 0 amide bonds. The minimum atomic E-state index is 0.592.